The number of ether oxygens (including phenoxy) is 1. The van der Waals surface area contributed by atoms with Crippen molar-refractivity contribution in [2.45, 2.75) is 26.9 Å². The lowest BCUT2D eigenvalue weighted by atomic mass is 10.3. The van der Waals surface area contributed by atoms with Gasteiger partial charge in [-0.05, 0) is 38.4 Å². The topological polar surface area (TPSA) is 77.0 Å². The molecule has 100 valence electrons. The van der Waals surface area contributed by atoms with Crippen LogP contribution in [0.4, 0.5) is 5.82 Å². The van der Waals surface area contributed by atoms with Crippen molar-refractivity contribution in [2.75, 3.05) is 5.32 Å². The Bertz CT molecular complexity index is 583. The van der Waals surface area contributed by atoms with E-state index in [4.69, 9.17) is 4.74 Å². The lowest BCUT2D eigenvalue weighted by molar-refractivity contribution is 0.102. The Labute approximate surface area is 115 Å². The van der Waals surface area contributed by atoms with Crippen LogP contribution < -0.4 is 10.1 Å². The highest BCUT2D eigenvalue weighted by molar-refractivity contribution is 7.05. The lowest BCUT2D eigenvalue weighted by Gasteiger charge is -2.09. The lowest BCUT2D eigenvalue weighted by Crippen LogP contribution is -2.14. The van der Waals surface area contributed by atoms with E-state index >= 15 is 0 Å². The first-order chi connectivity index (χ1) is 9.04. The zero-order valence-corrected chi connectivity index (χ0v) is 11.7. The number of anilines is 1. The van der Waals surface area contributed by atoms with Crippen LogP contribution in [-0.2, 0) is 0 Å². The normalized spacial score (nSPS) is 10.5. The molecule has 0 bridgehead atoms. The van der Waals surface area contributed by atoms with Crippen LogP contribution >= 0.6 is 11.5 Å². The largest absolute Gasteiger partial charge is 0.474 e. The van der Waals surface area contributed by atoms with E-state index in [1.807, 2.05) is 20.8 Å². The number of carbonyl (C=O) groups is 1. The summed E-state index contributed by atoms with van der Waals surface area (Å²) in [5.74, 6) is 0.413. The number of aromatic nitrogens is 3. The molecule has 0 saturated heterocycles. The quantitative estimate of drug-likeness (QED) is 0.928. The van der Waals surface area contributed by atoms with E-state index < -0.39 is 0 Å². The molecule has 2 aromatic heterocycles. The van der Waals surface area contributed by atoms with Crippen LogP contribution in [0.3, 0.4) is 0 Å². The van der Waals surface area contributed by atoms with Gasteiger partial charge in [-0.1, -0.05) is 0 Å². The highest BCUT2D eigenvalue weighted by Gasteiger charge is 2.11. The van der Waals surface area contributed by atoms with E-state index in [2.05, 4.69) is 19.7 Å². The maximum atomic E-state index is 11.9. The summed E-state index contributed by atoms with van der Waals surface area (Å²) in [5, 5.41) is 2.64. The van der Waals surface area contributed by atoms with Crippen LogP contribution in [-0.4, -0.2) is 26.4 Å². The fourth-order valence-corrected chi connectivity index (χ4v) is 1.90. The summed E-state index contributed by atoms with van der Waals surface area (Å²) in [4.78, 5) is 21.0. The standard InChI is InChI=1S/C12H14N4O2S/c1-7(2)18-11-6-13-5-10(14-11)15-12(17)9-4-8(3)19-16-9/h4-7H,1-3H3,(H,14,15,17). The number of nitrogens with one attached hydrogen (secondary N) is 1. The van der Waals surface area contributed by atoms with Crippen LogP contribution in [0.2, 0.25) is 0 Å². The first-order valence-electron chi connectivity index (χ1n) is 5.78. The molecule has 6 nitrogen and oxygen atoms in total. The molecular formula is C12H14N4O2S. The Morgan fingerprint density at radius 3 is 2.84 bits per heavy atom. The number of hydrogen-bond donors (Lipinski definition) is 1. The molecule has 0 unspecified atom stereocenters. The van der Waals surface area contributed by atoms with E-state index in [0.29, 0.717) is 17.4 Å². The van der Waals surface area contributed by atoms with Gasteiger partial charge in [-0.3, -0.25) is 9.78 Å². The van der Waals surface area contributed by atoms with Crippen molar-refractivity contribution >= 4 is 23.3 Å². The van der Waals surface area contributed by atoms with Gasteiger partial charge >= 0.3 is 0 Å². The second-order valence-corrected chi connectivity index (χ2v) is 5.20. The smallest absolute Gasteiger partial charge is 0.276 e. The average Bonchev–Trinajstić information content (AvgIpc) is 2.75. The molecule has 2 aromatic rings. The van der Waals surface area contributed by atoms with Crippen molar-refractivity contribution in [3.05, 3.63) is 29.0 Å². The van der Waals surface area contributed by atoms with Crippen molar-refractivity contribution in [2.24, 2.45) is 0 Å². The summed E-state index contributed by atoms with van der Waals surface area (Å²) in [5.41, 5.74) is 0.375. The summed E-state index contributed by atoms with van der Waals surface area (Å²) in [6, 6.07) is 1.72. The van der Waals surface area contributed by atoms with Crippen molar-refractivity contribution in [3.8, 4) is 5.88 Å². The van der Waals surface area contributed by atoms with Gasteiger partial charge in [0, 0.05) is 4.88 Å². The zero-order valence-electron chi connectivity index (χ0n) is 10.9. The minimum atomic E-state index is -0.305. The number of hydrogen-bond acceptors (Lipinski definition) is 6. The Balaban J connectivity index is 2.08. The minimum absolute atomic E-state index is 0.00133. The average molecular weight is 278 g/mol. The Hall–Kier alpha value is -2.02. The van der Waals surface area contributed by atoms with Crippen molar-refractivity contribution in [3.63, 3.8) is 0 Å². The third kappa shape index (κ3) is 3.72. The highest BCUT2D eigenvalue weighted by atomic mass is 32.1. The van der Waals surface area contributed by atoms with E-state index in [9.17, 15) is 4.79 Å². The Morgan fingerprint density at radius 2 is 2.21 bits per heavy atom. The molecule has 19 heavy (non-hydrogen) atoms. The molecule has 1 amide bonds. The fraction of sp³-hybridized carbons (Fsp3) is 0.333. The maximum Gasteiger partial charge on any atom is 0.276 e. The SMILES string of the molecule is Cc1cc(C(=O)Nc2cncc(OC(C)C)n2)ns1. The number of nitrogens with zero attached hydrogens (tertiary/aromatic N) is 3. The Kier molecular flexibility index (Phi) is 4.06. The van der Waals surface area contributed by atoms with Gasteiger partial charge in [-0.25, -0.2) is 0 Å². The van der Waals surface area contributed by atoms with Crippen LogP contribution in [0.15, 0.2) is 18.5 Å². The molecule has 0 aliphatic rings. The van der Waals surface area contributed by atoms with Crippen LogP contribution in [0.5, 0.6) is 5.88 Å². The van der Waals surface area contributed by atoms with E-state index in [0.717, 1.165) is 4.88 Å². The summed E-state index contributed by atoms with van der Waals surface area (Å²) >= 11 is 1.28. The molecule has 2 rings (SSSR count). The van der Waals surface area contributed by atoms with Crippen LogP contribution in [0, 0.1) is 6.92 Å². The minimum Gasteiger partial charge on any atom is -0.474 e. The first kappa shape index (κ1) is 13.4. The molecule has 1 N–H and O–H groups in total. The monoisotopic (exact) mass is 278 g/mol. The summed E-state index contributed by atoms with van der Waals surface area (Å²) in [7, 11) is 0. The Morgan fingerprint density at radius 1 is 1.42 bits per heavy atom. The molecule has 0 aliphatic carbocycles. The second kappa shape index (κ2) is 5.75. The van der Waals surface area contributed by atoms with Gasteiger partial charge in [0.2, 0.25) is 5.88 Å². The maximum absolute atomic E-state index is 11.9. The third-order valence-electron chi connectivity index (χ3n) is 2.07. The molecule has 0 radical (unpaired) electrons. The van der Waals surface area contributed by atoms with Crippen LogP contribution in [0.1, 0.15) is 29.2 Å². The van der Waals surface area contributed by atoms with Crippen molar-refractivity contribution in [1.82, 2.24) is 14.3 Å². The summed E-state index contributed by atoms with van der Waals surface area (Å²) in [6.45, 7) is 5.68. The number of carbonyl (C=O) groups excluding carboxylic acids is 1. The molecule has 0 atom stereocenters. The van der Waals surface area contributed by atoms with Gasteiger partial charge in [-0.2, -0.15) is 9.36 Å². The van der Waals surface area contributed by atoms with Gasteiger partial charge in [0.05, 0.1) is 18.5 Å². The van der Waals surface area contributed by atoms with Gasteiger partial charge in [-0.15, -0.1) is 0 Å². The van der Waals surface area contributed by atoms with E-state index in [1.54, 1.807) is 6.07 Å². The predicted molar refractivity (Wildman–Crippen MR) is 72.6 cm³/mol. The summed E-state index contributed by atoms with van der Waals surface area (Å²) < 4.78 is 9.44. The number of rotatable bonds is 4. The van der Waals surface area contributed by atoms with E-state index in [1.165, 1.54) is 23.9 Å². The molecule has 0 saturated carbocycles. The number of amides is 1. The van der Waals surface area contributed by atoms with Gasteiger partial charge in [0.25, 0.3) is 5.91 Å². The molecule has 0 fully saturated rings. The molecule has 2 heterocycles. The van der Waals surface area contributed by atoms with Gasteiger partial charge in [0.1, 0.15) is 5.69 Å². The zero-order chi connectivity index (χ0) is 13.8. The second-order valence-electron chi connectivity index (χ2n) is 4.19. The molecular weight excluding hydrogens is 264 g/mol. The van der Waals surface area contributed by atoms with Crippen molar-refractivity contribution in [1.29, 1.82) is 0 Å². The third-order valence-corrected chi connectivity index (χ3v) is 2.76. The van der Waals surface area contributed by atoms with Crippen LogP contribution in [0.25, 0.3) is 0 Å². The molecule has 0 aromatic carbocycles. The fourth-order valence-electron chi connectivity index (χ4n) is 1.36. The first-order valence-corrected chi connectivity index (χ1v) is 6.55. The van der Waals surface area contributed by atoms with Gasteiger partial charge in [0.15, 0.2) is 5.82 Å². The predicted octanol–water partition coefficient (Wildman–Crippen LogP) is 2.28. The molecule has 7 heteroatoms. The highest BCUT2D eigenvalue weighted by Crippen LogP contribution is 2.13. The molecule has 0 spiro atoms. The van der Waals surface area contributed by atoms with E-state index in [-0.39, 0.29) is 12.0 Å². The van der Waals surface area contributed by atoms with Crippen molar-refractivity contribution < 1.29 is 9.53 Å². The summed E-state index contributed by atoms with van der Waals surface area (Å²) in [6.07, 6.45) is 2.97. The molecule has 0 aliphatic heterocycles. The number of aryl methyl sites for hydroxylation is 1. The van der Waals surface area contributed by atoms with Gasteiger partial charge < -0.3 is 10.1 Å².